The third-order valence-electron chi connectivity index (χ3n) is 4.97. The summed E-state index contributed by atoms with van der Waals surface area (Å²) in [6.45, 7) is 0. The third kappa shape index (κ3) is 2.52. The van der Waals surface area contributed by atoms with Crippen LogP contribution in [-0.4, -0.2) is 21.1 Å². The van der Waals surface area contributed by atoms with Crippen LogP contribution in [0.2, 0.25) is 0 Å². The lowest BCUT2D eigenvalue weighted by Gasteiger charge is -2.22. The quantitative estimate of drug-likeness (QED) is 0.551. The van der Waals surface area contributed by atoms with Crippen LogP contribution in [0.1, 0.15) is 22.7 Å². The zero-order valence-electron chi connectivity index (χ0n) is 14.4. The molecule has 1 atom stereocenters. The number of nitrogens with zero attached hydrogens (tertiary/aromatic N) is 3. The largest absolute Gasteiger partial charge is 0.442 e. The van der Waals surface area contributed by atoms with Crippen molar-refractivity contribution in [3.8, 4) is 17.5 Å². The van der Waals surface area contributed by atoms with Crippen molar-refractivity contribution in [2.45, 2.75) is 18.4 Å². The first kappa shape index (κ1) is 16.4. The highest BCUT2D eigenvalue weighted by molar-refractivity contribution is 5.93. The van der Waals surface area contributed by atoms with Gasteiger partial charge < -0.3 is 9.73 Å². The Labute approximate surface area is 157 Å². The zero-order chi connectivity index (χ0) is 19.3. The third-order valence-corrected chi connectivity index (χ3v) is 4.97. The van der Waals surface area contributed by atoms with Gasteiger partial charge in [0.2, 0.25) is 0 Å². The van der Waals surface area contributed by atoms with Gasteiger partial charge in [-0.2, -0.15) is 10.4 Å². The number of aromatic nitrogens is 3. The number of nitrogens with one attached hydrogen (secondary N) is 2. The molecule has 0 aliphatic heterocycles. The van der Waals surface area contributed by atoms with Crippen molar-refractivity contribution >= 4 is 16.6 Å². The monoisotopic (exact) mass is 377 g/mol. The number of H-pyrrole nitrogens is 1. The number of hydrogen-bond donors (Lipinski definition) is 2. The maximum atomic E-state index is 14.7. The van der Waals surface area contributed by atoms with Crippen LogP contribution in [0.3, 0.4) is 0 Å². The van der Waals surface area contributed by atoms with Crippen molar-refractivity contribution in [1.29, 1.82) is 5.26 Å². The van der Waals surface area contributed by atoms with Crippen molar-refractivity contribution in [2.75, 3.05) is 5.32 Å². The number of halogens is 2. The number of aromatic amines is 1. The number of benzene rings is 2. The predicted molar refractivity (Wildman–Crippen MR) is 97.8 cm³/mol. The minimum absolute atomic E-state index is 0.381. The fourth-order valence-electron chi connectivity index (χ4n) is 3.67. The van der Waals surface area contributed by atoms with Crippen LogP contribution in [0.15, 0.2) is 53.4 Å². The van der Waals surface area contributed by atoms with Crippen molar-refractivity contribution in [1.82, 2.24) is 15.2 Å². The molecular formula is C20H13F2N5O. The molecule has 6 nitrogen and oxygen atoms in total. The predicted octanol–water partition coefficient (Wildman–Crippen LogP) is 4.43. The van der Waals surface area contributed by atoms with Crippen LogP contribution < -0.4 is 5.32 Å². The van der Waals surface area contributed by atoms with E-state index in [4.69, 9.17) is 9.68 Å². The standard InChI is InChI=1S/C20H13F2N5O/c21-20(22)7-12-5-11(8-23)1-3-14(12)19(20)25-13-2-4-16-15(6-13)18(27-26-16)17-9-24-10-28-17/h1-6,9-10,19,25H,7H2,(H,26,27)/t19-/m1/s1. The van der Waals surface area contributed by atoms with E-state index in [0.717, 1.165) is 10.9 Å². The molecule has 5 rings (SSSR count). The second-order valence-corrected chi connectivity index (χ2v) is 6.74. The Balaban J connectivity index is 1.54. The van der Waals surface area contributed by atoms with Gasteiger partial charge in [-0.05, 0) is 41.5 Å². The molecular weight excluding hydrogens is 364 g/mol. The molecule has 2 N–H and O–H groups in total. The van der Waals surface area contributed by atoms with Crippen LogP contribution in [0.25, 0.3) is 22.4 Å². The molecule has 28 heavy (non-hydrogen) atoms. The summed E-state index contributed by atoms with van der Waals surface area (Å²) < 4.78 is 34.7. The normalized spacial score (nSPS) is 17.4. The van der Waals surface area contributed by atoms with Crippen molar-refractivity contribution in [3.05, 3.63) is 65.7 Å². The molecule has 2 aromatic carbocycles. The highest BCUT2D eigenvalue weighted by Gasteiger charge is 2.47. The number of rotatable bonds is 3. The van der Waals surface area contributed by atoms with Crippen LogP contribution in [0.4, 0.5) is 14.5 Å². The van der Waals surface area contributed by atoms with E-state index in [1.807, 2.05) is 6.07 Å². The number of fused-ring (bicyclic) bond motifs is 2. The second kappa shape index (κ2) is 5.89. The average Bonchev–Trinajstić information content (AvgIpc) is 3.39. The Morgan fingerprint density at radius 1 is 1.25 bits per heavy atom. The second-order valence-electron chi connectivity index (χ2n) is 6.74. The fraction of sp³-hybridized carbons (Fsp3) is 0.150. The molecule has 4 aromatic rings. The van der Waals surface area contributed by atoms with Gasteiger partial charge in [0.1, 0.15) is 11.7 Å². The number of oxazole rings is 1. The Hall–Kier alpha value is -3.73. The summed E-state index contributed by atoms with van der Waals surface area (Å²) in [5.74, 6) is -2.47. The van der Waals surface area contributed by atoms with Gasteiger partial charge in [0.05, 0.1) is 23.3 Å². The fourth-order valence-corrected chi connectivity index (χ4v) is 3.67. The van der Waals surface area contributed by atoms with Gasteiger partial charge in [-0.25, -0.2) is 13.8 Å². The highest BCUT2D eigenvalue weighted by atomic mass is 19.3. The van der Waals surface area contributed by atoms with E-state index in [-0.39, 0.29) is 0 Å². The first-order chi connectivity index (χ1) is 13.5. The van der Waals surface area contributed by atoms with Gasteiger partial charge in [0.25, 0.3) is 5.92 Å². The van der Waals surface area contributed by atoms with E-state index in [2.05, 4.69) is 20.5 Å². The summed E-state index contributed by atoms with van der Waals surface area (Å²) in [6, 6.07) is 10.8. The zero-order valence-corrected chi connectivity index (χ0v) is 14.4. The SMILES string of the molecule is N#Cc1ccc2c(c1)CC(F)(F)[C@@H]2Nc1ccc2[nH]nc(-c3cnco3)c2c1. The summed E-state index contributed by atoms with van der Waals surface area (Å²) in [7, 11) is 0. The summed E-state index contributed by atoms with van der Waals surface area (Å²) in [5.41, 5.74) is 3.24. The summed E-state index contributed by atoms with van der Waals surface area (Å²) in [6.07, 6.45) is 2.46. The maximum absolute atomic E-state index is 14.7. The molecule has 138 valence electrons. The topological polar surface area (TPSA) is 90.5 Å². The molecule has 0 amide bonds. The van der Waals surface area contributed by atoms with E-state index >= 15 is 0 Å². The minimum atomic E-state index is -2.96. The summed E-state index contributed by atoms with van der Waals surface area (Å²) in [4.78, 5) is 3.89. The van der Waals surface area contributed by atoms with Crippen molar-refractivity contribution < 1.29 is 13.2 Å². The molecule has 1 aliphatic rings. The van der Waals surface area contributed by atoms with Crippen molar-refractivity contribution in [3.63, 3.8) is 0 Å². The maximum Gasteiger partial charge on any atom is 0.275 e. The lowest BCUT2D eigenvalue weighted by Crippen LogP contribution is -2.28. The van der Waals surface area contributed by atoms with E-state index < -0.39 is 18.4 Å². The molecule has 0 fully saturated rings. The van der Waals surface area contributed by atoms with E-state index in [1.54, 1.807) is 36.5 Å². The van der Waals surface area contributed by atoms with Gasteiger partial charge in [-0.3, -0.25) is 5.10 Å². The highest BCUT2D eigenvalue weighted by Crippen LogP contribution is 2.45. The number of hydrogen-bond acceptors (Lipinski definition) is 5. The number of alkyl halides is 2. The Morgan fingerprint density at radius 3 is 2.93 bits per heavy atom. The molecule has 0 unspecified atom stereocenters. The van der Waals surface area contributed by atoms with Crippen LogP contribution in [0, 0.1) is 11.3 Å². The van der Waals surface area contributed by atoms with E-state index in [1.165, 1.54) is 12.5 Å². The molecule has 0 bridgehead atoms. The Morgan fingerprint density at radius 2 is 2.14 bits per heavy atom. The van der Waals surface area contributed by atoms with Crippen LogP contribution in [-0.2, 0) is 6.42 Å². The van der Waals surface area contributed by atoms with Crippen LogP contribution in [0.5, 0.6) is 0 Å². The summed E-state index contributed by atoms with van der Waals surface area (Å²) in [5, 5.41) is 19.8. The number of nitriles is 1. The number of anilines is 1. The molecule has 0 radical (unpaired) electrons. The van der Waals surface area contributed by atoms with Gasteiger partial charge in [-0.1, -0.05) is 6.07 Å². The molecule has 0 saturated heterocycles. The van der Waals surface area contributed by atoms with Crippen molar-refractivity contribution in [2.24, 2.45) is 0 Å². The lowest BCUT2D eigenvalue weighted by molar-refractivity contribution is -0.00705. The minimum Gasteiger partial charge on any atom is -0.442 e. The molecule has 2 aromatic heterocycles. The summed E-state index contributed by atoms with van der Waals surface area (Å²) >= 11 is 0. The first-order valence-corrected chi connectivity index (χ1v) is 8.59. The van der Waals surface area contributed by atoms with Gasteiger partial charge >= 0.3 is 0 Å². The Bertz CT molecular complexity index is 1220. The smallest absolute Gasteiger partial charge is 0.275 e. The lowest BCUT2D eigenvalue weighted by atomic mass is 10.0. The average molecular weight is 377 g/mol. The molecule has 2 heterocycles. The Kier molecular flexibility index (Phi) is 3.46. The molecule has 8 heteroatoms. The molecule has 0 spiro atoms. The van der Waals surface area contributed by atoms with E-state index in [9.17, 15) is 8.78 Å². The van der Waals surface area contributed by atoms with E-state index in [0.29, 0.717) is 33.8 Å². The first-order valence-electron chi connectivity index (χ1n) is 8.59. The molecule has 1 aliphatic carbocycles. The van der Waals surface area contributed by atoms with Gasteiger partial charge in [0.15, 0.2) is 12.2 Å². The van der Waals surface area contributed by atoms with Crippen LogP contribution >= 0.6 is 0 Å². The van der Waals surface area contributed by atoms with Gasteiger partial charge in [0, 0.05) is 17.5 Å². The molecule has 0 saturated carbocycles. The van der Waals surface area contributed by atoms with Gasteiger partial charge in [-0.15, -0.1) is 0 Å².